The van der Waals surface area contributed by atoms with Crippen LogP contribution in [0.1, 0.15) is 36.6 Å². The number of aryl methyl sites for hydroxylation is 1. The average Bonchev–Trinajstić information content (AvgIpc) is 3.18. The maximum Gasteiger partial charge on any atom is 0.324 e. The minimum Gasteiger partial charge on any atom is -0.383 e. The third-order valence-corrected chi connectivity index (χ3v) is 5.68. The number of nitrogens with one attached hydrogen (secondary N) is 1. The van der Waals surface area contributed by atoms with E-state index in [9.17, 15) is 9.59 Å². The minimum absolute atomic E-state index is 0.0325. The lowest BCUT2D eigenvalue weighted by Crippen LogP contribution is -2.61. The Labute approximate surface area is 163 Å². The summed E-state index contributed by atoms with van der Waals surface area (Å²) >= 11 is 0. The van der Waals surface area contributed by atoms with Crippen molar-refractivity contribution in [3.8, 4) is 11.4 Å². The molecule has 4 rings (SSSR count). The first-order valence-corrected chi connectivity index (χ1v) is 9.59. The molecule has 148 valence electrons. The third kappa shape index (κ3) is 3.40. The van der Waals surface area contributed by atoms with E-state index in [-0.39, 0.29) is 36.4 Å². The maximum atomic E-state index is 12.7. The number of nitrogens with zero attached hydrogens (tertiary/aromatic N) is 3. The van der Waals surface area contributed by atoms with E-state index in [0.29, 0.717) is 31.2 Å². The van der Waals surface area contributed by atoms with Crippen molar-refractivity contribution >= 4 is 11.9 Å². The van der Waals surface area contributed by atoms with Gasteiger partial charge in [-0.3, -0.25) is 9.69 Å². The molecule has 1 saturated heterocycles. The molecule has 3 unspecified atom stereocenters. The van der Waals surface area contributed by atoms with Gasteiger partial charge in [-0.2, -0.15) is 4.98 Å². The number of urea groups is 1. The van der Waals surface area contributed by atoms with E-state index in [1.165, 1.54) is 4.90 Å². The van der Waals surface area contributed by atoms with Crippen LogP contribution in [-0.4, -0.2) is 53.3 Å². The molecule has 1 aromatic heterocycles. The number of carbonyl (C=O) groups excluding carboxylic acids is 2. The zero-order valence-electron chi connectivity index (χ0n) is 16.1. The number of ether oxygens (including phenoxy) is 1. The molecule has 2 heterocycles. The van der Waals surface area contributed by atoms with Gasteiger partial charge in [-0.05, 0) is 31.7 Å². The van der Waals surface area contributed by atoms with Crippen molar-refractivity contribution in [1.29, 1.82) is 0 Å². The number of rotatable bonds is 5. The predicted molar refractivity (Wildman–Crippen MR) is 100 cm³/mol. The molecule has 0 bridgehead atoms. The fourth-order valence-electron chi connectivity index (χ4n) is 4.12. The van der Waals surface area contributed by atoms with Crippen LogP contribution in [0.5, 0.6) is 0 Å². The predicted octanol–water partition coefficient (Wildman–Crippen LogP) is 2.50. The number of carbonyl (C=O) groups is 2. The summed E-state index contributed by atoms with van der Waals surface area (Å²) in [5.41, 5.74) is 2.03. The first-order valence-electron chi connectivity index (χ1n) is 9.59. The molecule has 0 spiro atoms. The Hall–Kier alpha value is -2.74. The van der Waals surface area contributed by atoms with Crippen molar-refractivity contribution in [2.24, 2.45) is 5.92 Å². The van der Waals surface area contributed by atoms with Crippen LogP contribution in [0.15, 0.2) is 28.8 Å². The zero-order valence-corrected chi connectivity index (χ0v) is 16.1. The summed E-state index contributed by atoms with van der Waals surface area (Å²) in [7, 11) is 1.55. The molecule has 1 aromatic carbocycles. The van der Waals surface area contributed by atoms with E-state index in [4.69, 9.17) is 9.26 Å². The average molecular weight is 384 g/mol. The van der Waals surface area contributed by atoms with Crippen LogP contribution in [0.3, 0.4) is 0 Å². The molecule has 3 amide bonds. The molecule has 1 aliphatic carbocycles. The van der Waals surface area contributed by atoms with E-state index >= 15 is 0 Å². The van der Waals surface area contributed by atoms with Crippen LogP contribution >= 0.6 is 0 Å². The van der Waals surface area contributed by atoms with Crippen LogP contribution in [0.4, 0.5) is 4.79 Å². The van der Waals surface area contributed by atoms with Crippen LogP contribution in [0.25, 0.3) is 11.4 Å². The summed E-state index contributed by atoms with van der Waals surface area (Å²) < 4.78 is 10.5. The summed E-state index contributed by atoms with van der Waals surface area (Å²) in [4.78, 5) is 30.9. The highest BCUT2D eigenvalue weighted by molar-refractivity contribution is 5.98. The molecular formula is C20H24N4O4. The molecule has 0 radical (unpaired) electrons. The van der Waals surface area contributed by atoms with Gasteiger partial charge in [0, 0.05) is 24.6 Å². The van der Waals surface area contributed by atoms with Gasteiger partial charge in [-0.25, -0.2) is 4.79 Å². The largest absolute Gasteiger partial charge is 0.383 e. The van der Waals surface area contributed by atoms with E-state index in [2.05, 4.69) is 15.5 Å². The second-order valence-corrected chi connectivity index (χ2v) is 7.43. The SMILES string of the molecule is COCCN1C(=O)NC2CC(c3nc(-c4ccccc4C)no3)CCC2C1=O. The maximum absolute atomic E-state index is 12.7. The highest BCUT2D eigenvalue weighted by atomic mass is 16.5. The number of hydrogen-bond donors (Lipinski definition) is 1. The fraction of sp³-hybridized carbons (Fsp3) is 0.500. The number of methoxy groups -OCH3 is 1. The molecular weight excluding hydrogens is 360 g/mol. The first-order chi connectivity index (χ1) is 13.6. The highest BCUT2D eigenvalue weighted by Crippen LogP contribution is 2.38. The normalized spacial score (nSPS) is 24.8. The number of aromatic nitrogens is 2. The van der Waals surface area contributed by atoms with Crippen molar-refractivity contribution in [1.82, 2.24) is 20.4 Å². The zero-order chi connectivity index (χ0) is 19.7. The minimum atomic E-state index is -0.352. The molecule has 1 aliphatic heterocycles. The van der Waals surface area contributed by atoms with Crippen LogP contribution in [0, 0.1) is 12.8 Å². The Kier molecular flexibility index (Phi) is 5.13. The molecule has 8 heteroatoms. The third-order valence-electron chi connectivity index (χ3n) is 5.68. The van der Waals surface area contributed by atoms with Gasteiger partial charge in [0.25, 0.3) is 0 Å². The number of hydrogen-bond acceptors (Lipinski definition) is 6. The highest BCUT2D eigenvalue weighted by Gasteiger charge is 2.45. The Morgan fingerprint density at radius 1 is 1.29 bits per heavy atom. The van der Waals surface area contributed by atoms with Crippen molar-refractivity contribution < 1.29 is 18.8 Å². The summed E-state index contributed by atoms with van der Waals surface area (Å²) in [6, 6.07) is 7.34. The van der Waals surface area contributed by atoms with E-state index in [0.717, 1.165) is 17.5 Å². The molecule has 2 fully saturated rings. The Bertz CT molecular complexity index is 881. The van der Waals surface area contributed by atoms with E-state index < -0.39 is 0 Å². The lowest BCUT2D eigenvalue weighted by molar-refractivity contribution is -0.137. The molecule has 2 aromatic rings. The molecule has 1 saturated carbocycles. The van der Waals surface area contributed by atoms with Crippen molar-refractivity contribution in [3.63, 3.8) is 0 Å². The molecule has 3 atom stereocenters. The topological polar surface area (TPSA) is 97.6 Å². The lowest BCUT2D eigenvalue weighted by atomic mass is 9.76. The van der Waals surface area contributed by atoms with Crippen molar-refractivity contribution in [2.45, 2.75) is 38.1 Å². The van der Waals surface area contributed by atoms with Crippen LogP contribution in [-0.2, 0) is 9.53 Å². The smallest absolute Gasteiger partial charge is 0.324 e. The van der Waals surface area contributed by atoms with Gasteiger partial charge < -0.3 is 14.6 Å². The Balaban J connectivity index is 1.47. The second-order valence-electron chi connectivity index (χ2n) is 7.43. The van der Waals surface area contributed by atoms with Crippen molar-refractivity contribution in [3.05, 3.63) is 35.7 Å². The second kappa shape index (κ2) is 7.71. The summed E-state index contributed by atoms with van der Waals surface area (Å²) in [6.07, 6.45) is 2.08. The summed E-state index contributed by atoms with van der Waals surface area (Å²) in [6.45, 7) is 2.62. The number of amides is 3. The monoisotopic (exact) mass is 384 g/mol. The van der Waals surface area contributed by atoms with Gasteiger partial charge in [-0.1, -0.05) is 29.4 Å². The van der Waals surface area contributed by atoms with E-state index in [1.807, 2.05) is 31.2 Å². The van der Waals surface area contributed by atoms with Crippen molar-refractivity contribution in [2.75, 3.05) is 20.3 Å². The lowest BCUT2D eigenvalue weighted by Gasteiger charge is -2.41. The van der Waals surface area contributed by atoms with Crippen LogP contribution in [0.2, 0.25) is 0 Å². The number of benzene rings is 1. The van der Waals surface area contributed by atoms with Gasteiger partial charge >= 0.3 is 6.03 Å². The molecule has 28 heavy (non-hydrogen) atoms. The standard InChI is InChI=1S/C20H24N4O4/c1-12-5-3-4-6-14(12)17-22-18(28-23-17)13-7-8-15-16(11-13)21-20(26)24(19(15)25)9-10-27-2/h3-6,13,15-16H,7-11H2,1-2H3,(H,21,26). The number of fused-ring (bicyclic) bond motifs is 1. The van der Waals surface area contributed by atoms with Crippen LogP contribution < -0.4 is 5.32 Å². The fourth-order valence-corrected chi connectivity index (χ4v) is 4.12. The Morgan fingerprint density at radius 3 is 2.89 bits per heavy atom. The quantitative estimate of drug-likeness (QED) is 0.851. The van der Waals surface area contributed by atoms with E-state index in [1.54, 1.807) is 7.11 Å². The molecule has 2 aliphatic rings. The Morgan fingerprint density at radius 2 is 2.11 bits per heavy atom. The molecule has 1 N–H and O–H groups in total. The summed E-state index contributed by atoms with van der Waals surface area (Å²) in [5.74, 6) is 0.857. The van der Waals surface area contributed by atoms with Gasteiger partial charge in [0.05, 0.1) is 19.1 Å². The van der Waals surface area contributed by atoms with Gasteiger partial charge in [0.15, 0.2) is 0 Å². The van der Waals surface area contributed by atoms with Gasteiger partial charge in [-0.15, -0.1) is 0 Å². The number of imide groups is 1. The van der Waals surface area contributed by atoms with Gasteiger partial charge in [0.1, 0.15) is 0 Å². The summed E-state index contributed by atoms with van der Waals surface area (Å²) in [5, 5.41) is 7.12. The first kappa shape index (κ1) is 18.6. The molecule has 8 nitrogen and oxygen atoms in total. The van der Waals surface area contributed by atoms with Gasteiger partial charge in [0.2, 0.25) is 17.6 Å².